The highest BCUT2D eigenvalue weighted by atomic mass is 16.5. The predicted octanol–water partition coefficient (Wildman–Crippen LogP) is -1.19. The van der Waals surface area contributed by atoms with Crippen LogP contribution < -0.4 is 5.32 Å². The van der Waals surface area contributed by atoms with Crippen LogP contribution in [0.2, 0.25) is 0 Å². The van der Waals surface area contributed by atoms with Crippen molar-refractivity contribution in [3.8, 4) is 0 Å². The third kappa shape index (κ3) is 9.99. The summed E-state index contributed by atoms with van der Waals surface area (Å²) in [7, 11) is 9.55. The van der Waals surface area contributed by atoms with E-state index in [1.54, 1.807) is 0 Å². The first-order valence-corrected chi connectivity index (χ1v) is 9.62. The van der Waals surface area contributed by atoms with Gasteiger partial charge in [0.2, 0.25) is 12.3 Å². The number of ether oxygens (including phenoxy) is 1. The number of hydrogen-bond donors (Lipinski definition) is 2. The van der Waals surface area contributed by atoms with Crippen molar-refractivity contribution in [2.75, 3.05) is 62.0 Å². The maximum absolute atomic E-state index is 13.1. The van der Waals surface area contributed by atoms with Crippen LogP contribution in [0.4, 0.5) is 4.79 Å². The van der Waals surface area contributed by atoms with Crippen LogP contribution in [-0.2, 0) is 19.1 Å². The van der Waals surface area contributed by atoms with E-state index in [0.717, 1.165) is 4.90 Å². The zero-order valence-electron chi connectivity index (χ0n) is 19.3. The molecule has 174 valence electrons. The molecular formula is C19H37N5O6. The molecule has 0 rings (SSSR count). The molecule has 0 saturated heterocycles. The Morgan fingerprint density at radius 1 is 1.07 bits per heavy atom. The molecule has 0 aromatic carbocycles. The summed E-state index contributed by atoms with van der Waals surface area (Å²) < 4.78 is 5.54. The number of amides is 5. The second-order valence-electron chi connectivity index (χ2n) is 8.34. The van der Waals surface area contributed by atoms with Crippen LogP contribution in [0.5, 0.6) is 0 Å². The first kappa shape index (κ1) is 27.8. The molecule has 30 heavy (non-hydrogen) atoms. The number of carbonyl (C=O) groups excluding carboxylic acids is 4. The van der Waals surface area contributed by atoms with Crippen LogP contribution in [0, 0.1) is 0 Å². The number of imide groups is 1. The lowest BCUT2D eigenvalue weighted by molar-refractivity contribution is -0.148. The van der Waals surface area contributed by atoms with E-state index in [1.165, 1.54) is 51.8 Å². The number of carbonyl (C=O) groups is 4. The van der Waals surface area contributed by atoms with Gasteiger partial charge in [0, 0.05) is 41.2 Å². The Bertz CT molecular complexity index is 590. The molecule has 2 atom stereocenters. The fraction of sp³-hybridized carbons (Fsp3) is 0.789. The quantitative estimate of drug-likeness (QED) is 0.294. The van der Waals surface area contributed by atoms with Crippen LogP contribution in [0.15, 0.2) is 0 Å². The fourth-order valence-corrected chi connectivity index (χ4v) is 2.45. The number of hydrogen-bond acceptors (Lipinski definition) is 7. The Morgan fingerprint density at radius 3 is 2.07 bits per heavy atom. The topological polar surface area (TPSA) is 123 Å². The Labute approximate surface area is 178 Å². The van der Waals surface area contributed by atoms with Crippen molar-refractivity contribution < 1.29 is 29.0 Å². The molecule has 0 saturated carbocycles. The molecule has 0 aromatic heterocycles. The van der Waals surface area contributed by atoms with Gasteiger partial charge in [-0.25, -0.2) is 4.79 Å². The van der Waals surface area contributed by atoms with Crippen molar-refractivity contribution in [3.05, 3.63) is 0 Å². The minimum Gasteiger partial charge on any atom is -0.390 e. The molecule has 0 bridgehead atoms. The first-order chi connectivity index (χ1) is 13.7. The van der Waals surface area contributed by atoms with E-state index in [2.05, 4.69) is 5.32 Å². The highest BCUT2D eigenvalue weighted by molar-refractivity contribution is 5.99. The summed E-state index contributed by atoms with van der Waals surface area (Å²) in [4.78, 5) is 54.4. The Balaban J connectivity index is 5.53. The van der Waals surface area contributed by atoms with Gasteiger partial charge in [-0.1, -0.05) is 0 Å². The molecular weight excluding hydrogens is 394 g/mol. The average Bonchev–Trinajstić information content (AvgIpc) is 2.63. The highest BCUT2D eigenvalue weighted by Crippen LogP contribution is 2.17. The minimum atomic E-state index is -1.29. The molecule has 11 heteroatoms. The number of rotatable bonds is 12. The number of nitrogens with one attached hydrogen (secondary N) is 1. The molecule has 0 aliphatic heterocycles. The molecule has 0 aliphatic rings. The summed E-state index contributed by atoms with van der Waals surface area (Å²) in [5, 5.41) is 12.4. The zero-order chi connectivity index (χ0) is 23.6. The van der Waals surface area contributed by atoms with Crippen LogP contribution >= 0.6 is 0 Å². The van der Waals surface area contributed by atoms with Gasteiger partial charge in [0.05, 0.1) is 18.8 Å². The molecule has 2 N–H and O–H groups in total. The van der Waals surface area contributed by atoms with Gasteiger partial charge >= 0.3 is 6.03 Å². The Hall–Kier alpha value is -2.24. The standard InChI is InChI=1S/C19H37N5O6/c1-19(2,29)11-14(16(26)20-18(28)22(5)6)24(8)17(27)15(23(7)13-25)12-30-10-9-21(3)4/h13-15,29H,9-12H2,1-8H3,(H,20,26,28)/t14-,15+/m0/s1. The van der Waals surface area contributed by atoms with Gasteiger partial charge < -0.3 is 29.4 Å². The first-order valence-electron chi connectivity index (χ1n) is 9.62. The van der Waals surface area contributed by atoms with E-state index in [4.69, 9.17) is 4.74 Å². The number of aliphatic hydroxyl groups is 1. The molecule has 0 aromatic rings. The Morgan fingerprint density at radius 2 is 1.63 bits per heavy atom. The van der Waals surface area contributed by atoms with Gasteiger partial charge in [-0.2, -0.15) is 0 Å². The van der Waals surface area contributed by atoms with Crippen LogP contribution in [0.25, 0.3) is 0 Å². The molecule has 0 radical (unpaired) electrons. The molecule has 0 heterocycles. The van der Waals surface area contributed by atoms with Gasteiger partial charge in [-0.3, -0.25) is 19.7 Å². The maximum Gasteiger partial charge on any atom is 0.323 e. The van der Waals surface area contributed by atoms with Gasteiger partial charge in [-0.05, 0) is 27.9 Å². The second-order valence-corrected chi connectivity index (χ2v) is 8.34. The SMILES string of the molecule is CN(C)CCOC[C@H](C(=O)N(C)[C@@H](CC(C)(C)O)C(=O)NC(=O)N(C)C)N(C)C=O. The van der Waals surface area contributed by atoms with Crippen molar-refractivity contribution in [3.63, 3.8) is 0 Å². The van der Waals surface area contributed by atoms with Gasteiger partial charge in [0.1, 0.15) is 12.1 Å². The lowest BCUT2D eigenvalue weighted by Gasteiger charge is -2.35. The molecule has 0 spiro atoms. The lowest BCUT2D eigenvalue weighted by Crippen LogP contribution is -2.57. The summed E-state index contributed by atoms with van der Waals surface area (Å²) in [6.07, 6.45) is 0.396. The van der Waals surface area contributed by atoms with Crippen molar-refractivity contribution in [1.29, 1.82) is 0 Å². The van der Waals surface area contributed by atoms with Crippen LogP contribution in [-0.4, -0.2) is 129 Å². The summed E-state index contributed by atoms with van der Waals surface area (Å²) in [6, 6.07) is -2.74. The van der Waals surface area contributed by atoms with E-state index in [9.17, 15) is 24.3 Å². The Kier molecular flexibility index (Phi) is 11.5. The van der Waals surface area contributed by atoms with Crippen molar-refractivity contribution in [1.82, 2.24) is 24.9 Å². The van der Waals surface area contributed by atoms with Gasteiger partial charge in [-0.15, -0.1) is 0 Å². The molecule has 11 nitrogen and oxygen atoms in total. The summed E-state index contributed by atoms with van der Waals surface area (Å²) in [5.74, 6) is -1.27. The minimum absolute atomic E-state index is 0.0558. The normalized spacial score (nSPS) is 13.4. The third-order valence-electron chi connectivity index (χ3n) is 4.35. The summed E-state index contributed by atoms with van der Waals surface area (Å²) in [6.45, 7) is 3.94. The van der Waals surface area contributed by atoms with Gasteiger partial charge in [0.15, 0.2) is 0 Å². The third-order valence-corrected chi connectivity index (χ3v) is 4.35. The second kappa shape index (κ2) is 12.5. The predicted molar refractivity (Wildman–Crippen MR) is 112 cm³/mol. The molecule has 0 aliphatic carbocycles. The van der Waals surface area contributed by atoms with Crippen molar-refractivity contribution in [2.24, 2.45) is 0 Å². The smallest absolute Gasteiger partial charge is 0.323 e. The van der Waals surface area contributed by atoms with Crippen LogP contribution in [0.3, 0.4) is 0 Å². The number of likely N-dealkylation sites (N-methyl/N-ethyl adjacent to an activating group) is 3. The van der Waals surface area contributed by atoms with E-state index < -0.39 is 35.5 Å². The summed E-state index contributed by atoms with van der Waals surface area (Å²) in [5.41, 5.74) is -1.29. The maximum atomic E-state index is 13.1. The van der Waals surface area contributed by atoms with E-state index in [0.29, 0.717) is 19.6 Å². The molecule has 0 fully saturated rings. The largest absolute Gasteiger partial charge is 0.390 e. The lowest BCUT2D eigenvalue weighted by atomic mass is 9.97. The van der Waals surface area contributed by atoms with Gasteiger partial charge in [0.25, 0.3) is 5.91 Å². The van der Waals surface area contributed by atoms with E-state index in [-0.39, 0.29) is 13.0 Å². The number of urea groups is 1. The van der Waals surface area contributed by atoms with Crippen molar-refractivity contribution >= 4 is 24.3 Å². The summed E-state index contributed by atoms with van der Waals surface area (Å²) >= 11 is 0. The zero-order valence-corrected chi connectivity index (χ0v) is 19.3. The highest BCUT2D eigenvalue weighted by Gasteiger charge is 2.36. The molecule has 5 amide bonds. The average molecular weight is 432 g/mol. The monoisotopic (exact) mass is 431 g/mol. The van der Waals surface area contributed by atoms with Crippen molar-refractivity contribution in [2.45, 2.75) is 38.0 Å². The fourth-order valence-electron chi connectivity index (χ4n) is 2.45. The number of nitrogens with zero attached hydrogens (tertiary/aromatic N) is 4. The molecule has 0 unspecified atom stereocenters. The van der Waals surface area contributed by atoms with Crippen LogP contribution in [0.1, 0.15) is 20.3 Å². The van der Waals surface area contributed by atoms with E-state index in [1.807, 2.05) is 19.0 Å². The van der Waals surface area contributed by atoms with E-state index >= 15 is 0 Å².